The van der Waals surface area contributed by atoms with Crippen molar-refractivity contribution in [2.45, 2.75) is 13.5 Å². The maximum Gasteiger partial charge on any atom is 0.353 e. The average Bonchev–Trinajstić information content (AvgIpc) is 2.63. The highest BCUT2D eigenvalue weighted by Crippen LogP contribution is 2.33. The van der Waals surface area contributed by atoms with Crippen molar-refractivity contribution >= 4 is 38.9 Å². The van der Waals surface area contributed by atoms with Crippen molar-refractivity contribution in [3.8, 4) is 0 Å². The molecule has 3 aromatic rings. The lowest BCUT2D eigenvalue weighted by Crippen LogP contribution is -2.08. The molecule has 0 radical (unpaired) electrons. The molecule has 132 valence electrons. The second kappa shape index (κ2) is 7.92. The zero-order valence-electron chi connectivity index (χ0n) is 13.9. The SMILES string of the molecule is Cc1ccc(CNc2ncnc(Nc3ccccc3Br)c2[N+](=O)[O-])cc1. The van der Waals surface area contributed by atoms with Crippen molar-refractivity contribution in [1.29, 1.82) is 0 Å². The molecule has 0 bridgehead atoms. The van der Waals surface area contributed by atoms with Crippen LogP contribution in [0, 0.1) is 17.0 Å². The molecule has 8 heteroatoms. The summed E-state index contributed by atoms with van der Waals surface area (Å²) in [6, 6.07) is 15.2. The van der Waals surface area contributed by atoms with Gasteiger partial charge < -0.3 is 10.6 Å². The zero-order chi connectivity index (χ0) is 18.5. The minimum absolute atomic E-state index is 0.128. The number of nitrogens with zero attached hydrogens (tertiary/aromatic N) is 3. The minimum atomic E-state index is -0.489. The first-order valence-corrected chi connectivity index (χ1v) is 8.64. The van der Waals surface area contributed by atoms with Gasteiger partial charge in [-0.25, -0.2) is 9.97 Å². The molecule has 0 unspecified atom stereocenters. The Balaban J connectivity index is 1.87. The van der Waals surface area contributed by atoms with E-state index in [-0.39, 0.29) is 17.3 Å². The highest BCUT2D eigenvalue weighted by Gasteiger charge is 2.23. The number of nitrogens with one attached hydrogen (secondary N) is 2. The third-order valence-electron chi connectivity index (χ3n) is 3.71. The average molecular weight is 414 g/mol. The van der Waals surface area contributed by atoms with Crippen LogP contribution in [0.25, 0.3) is 0 Å². The van der Waals surface area contributed by atoms with Gasteiger partial charge >= 0.3 is 5.69 Å². The van der Waals surface area contributed by atoms with Gasteiger partial charge in [0, 0.05) is 11.0 Å². The predicted octanol–water partition coefficient (Wildman–Crippen LogP) is 4.81. The van der Waals surface area contributed by atoms with Gasteiger partial charge in [0.05, 0.1) is 10.6 Å². The van der Waals surface area contributed by atoms with Crippen LogP contribution < -0.4 is 10.6 Å². The third kappa shape index (κ3) is 4.15. The van der Waals surface area contributed by atoms with Crippen molar-refractivity contribution in [3.05, 3.63) is 80.6 Å². The molecular formula is C18H16BrN5O2. The van der Waals surface area contributed by atoms with Crippen LogP contribution in [-0.2, 0) is 6.54 Å². The number of aromatic nitrogens is 2. The van der Waals surface area contributed by atoms with Crippen LogP contribution in [0.15, 0.2) is 59.3 Å². The van der Waals surface area contributed by atoms with Gasteiger partial charge in [-0.2, -0.15) is 0 Å². The number of aryl methyl sites for hydroxylation is 1. The van der Waals surface area contributed by atoms with Crippen LogP contribution in [-0.4, -0.2) is 14.9 Å². The molecule has 0 atom stereocenters. The molecule has 0 saturated heterocycles. The lowest BCUT2D eigenvalue weighted by molar-refractivity contribution is -0.383. The number of nitro groups is 1. The summed E-state index contributed by atoms with van der Waals surface area (Å²) in [6.45, 7) is 2.43. The standard InChI is InChI=1S/C18H16BrN5O2/c1-12-6-8-13(9-7-12)10-20-17-16(24(25)26)18(22-11-21-17)23-15-5-3-2-4-14(15)19/h2-9,11H,10H2,1H3,(H2,20,21,22,23). The van der Waals surface area contributed by atoms with E-state index >= 15 is 0 Å². The molecule has 0 aliphatic carbocycles. The Morgan fingerprint density at radius 2 is 1.77 bits per heavy atom. The molecule has 2 aromatic carbocycles. The minimum Gasteiger partial charge on any atom is -0.360 e. The van der Waals surface area contributed by atoms with Crippen LogP contribution in [0.3, 0.4) is 0 Å². The van der Waals surface area contributed by atoms with Gasteiger partial charge in [-0.3, -0.25) is 10.1 Å². The Hall–Kier alpha value is -3.00. The van der Waals surface area contributed by atoms with Gasteiger partial charge in [-0.15, -0.1) is 0 Å². The molecular weight excluding hydrogens is 398 g/mol. The van der Waals surface area contributed by atoms with Crippen molar-refractivity contribution in [2.24, 2.45) is 0 Å². The van der Waals surface area contributed by atoms with Crippen molar-refractivity contribution in [2.75, 3.05) is 10.6 Å². The Labute approximate surface area is 158 Å². The van der Waals surface area contributed by atoms with Crippen molar-refractivity contribution in [1.82, 2.24) is 9.97 Å². The van der Waals surface area contributed by atoms with Crippen LogP contribution in [0.2, 0.25) is 0 Å². The van der Waals surface area contributed by atoms with E-state index in [1.165, 1.54) is 6.33 Å². The second-order valence-electron chi connectivity index (χ2n) is 5.62. The highest BCUT2D eigenvalue weighted by atomic mass is 79.9. The Kier molecular flexibility index (Phi) is 5.43. The van der Waals surface area contributed by atoms with Gasteiger partial charge in [0.2, 0.25) is 11.6 Å². The smallest absolute Gasteiger partial charge is 0.353 e. The van der Waals surface area contributed by atoms with E-state index in [1.54, 1.807) is 6.07 Å². The normalized spacial score (nSPS) is 10.4. The number of hydrogen-bond acceptors (Lipinski definition) is 6. The van der Waals surface area contributed by atoms with E-state index < -0.39 is 4.92 Å². The monoisotopic (exact) mass is 413 g/mol. The number of benzene rings is 2. The summed E-state index contributed by atoms with van der Waals surface area (Å²) in [5.74, 6) is 0.295. The van der Waals surface area contributed by atoms with Gasteiger partial charge in [-0.05, 0) is 40.5 Å². The predicted molar refractivity (Wildman–Crippen MR) is 105 cm³/mol. The fourth-order valence-corrected chi connectivity index (χ4v) is 2.74. The lowest BCUT2D eigenvalue weighted by atomic mass is 10.1. The first-order chi connectivity index (χ1) is 12.5. The van der Waals surface area contributed by atoms with Crippen molar-refractivity contribution in [3.63, 3.8) is 0 Å². The Morgan fingerprint density at radius 1 is 1.08 bits per heavy atom. The van der Waals surface area contributed by atoms with Crippen LogP contribution in [0.5, 0.6) is 0 Å². The molecule has 0 amide bonds. The zero-order valence-corrected chi connectivity index (χ0v) is 15.5. The summed E-state index contributed by atoms with van der Waals surface area (Å²) in [5, 5.41) is 17.6. The molecule has 0 aliphatic rings. The Bertz CT molecular complexity index is 931. The topological polar surface area (TPSA) is 93.0 Å². The van der Waals surface area contributed by atoms with E-state index in [4.69, 9.17) is 0 Å². The molecule has 3 rings (SSSR count). The summed E-state index contributed by atoms with van der Waals surface area (Å²) in [5.41, 5.74) is 2.64. The summed E-state index contributed by atoms with van der Waals surface area (Å²) in [4.78, 5) is 19.2. The molecule has 1 heterocycles. The van der Waals surface area contributed by atoms with Gasteiger partial charge in [0.25, 0.3) is 0 Å². The van der Waals surface area contributed by atoms with E-state index in [0.29, 0.717) is 12.2 Å². The molecule has 0 saturated carbocycles. The number of hydrogen-bond donors (Lipinski definition) is 2. The number of rotatable bonds is 6. The van der Waals surface area contributed by atoms with Gasteiger partial charge in [-0.1, -0.05) is 42.0 Å². The maximum absolute atomic E-state index is 11.6. The second-order valence-corrected chi connectivity index (χ2v) is 6.47. The molecule has 2 N–H and O–H groups in total. The largest absolute Gasteiger partial charge is 0.360 e. The molecule has 0 aliphatic heterocycles. The quantitative estimate of drug-likeness (QED) is 0.444. The fourth-order valence-electron chi connectivity index (χ4n) is 2.35. The Morgan fingerprint density at radius 3 is 2.46 bits per heavy atom. The van der Waals surface area contributed by atoms with Crippen LogP contribution in [0.1, 0.15) is 11.1 Å². The summed E-state index contributed by atoms with van der Waals surface area (Å²) in [7, 11) is 0. The lowest BCUT2D eigenvalue weighted by Gasteiger charge is -2.11. The first-order valence-electron chi connectivity index (χ1n) is 7.85. The summed E-state index contributed by atoms with van der Waals surface area (Å²) < 4.78 is 0.780. The van der Waals surface area contributed by atoms with E-state index in [9.17, 15) is 10.1 Å². The third-order valence-corrected chi connectivity index (χ3v) is 4.40. The molecule has 1 aromatic heterocycles. The number of para-hydroxylation sites is 1. The molecule has 26 heavy (non-hydrogen) atoms. The number of anilines is 3. The van der Waals surface area contributed by atoms with Gasteiger partial charge in [0.15, 0.2) is 0 Å². The molecule has 0 fully saturated rings. The summed E-state index contributed by atoms with van der Waals surface area (Å²) in [6.07, 6.45) is 1.30. The summed E-state index contributed by atoms with van der Waals surface area (Å²) >= 11 is 3.41. The van der Waals surface area contributed by atoms with Crippen LogP contribution in [0.4, 0.5) is 23.0 Å². The molecule has 0 spiro atoms. The maximum atomic E-state index is 11.6. The first kappa shape index (κ1) is 17.8. The van der Waals surface area contributed by atoms with E-state index in [0.717, 1.165) is 15.6 Å². The van der Waals surface area contributed by atoms with Crippen LogP contribution >= 0.6 is 15.9 Å². The highest BCUT2D eigenvalue weighted by molar-refractivity contribution is 9.10. The van der Waals surface area contributed by atoms with E-state index in [1.807, 2.05) is 49.4 Å². The van der Waals surface area contributed by atoms with Gasteiger partial charge in [0.1, 0.15) is 6.33 Å². The molecule has 7 nitrogen and oxygen atoms in total. The number of halogens is 1. The van der Waals surface area contributed by atoms with E-state index in [2.05, 4.69) is 36.5 Å². The van der Waals surface area contributed by atoms with Crippen molar-refractivity contribution < 1.29 is 4.92 Å². The fraction of sp³-hybridized carbons (Fsp3) is 0.111.